The van der Waals surface area contributed by atoms with Crippen LogP contribution in [0.25, 0.3) is 0 Å². The normalized spacial score (nSPS) is 18.7. The number of sulfonamides is 1. The number of carbonyl (C=O) groups is 1. The maximum absolute atomic E-state index is 13.4. The highest BCUT2D eigenvalue weighted by Gasteiger charge is 2.33. The summed E-state index contributed by atoms with van der Waals surface area (Å²) < 4.78 is 40.0. The molecule has 1 atom stereocenters. The molecule has 1 heterocycles. The highest BCUT2D eigenvalue weighted by molar-refractivity contribution is 7.89. The van der Waals surface area contributed by atoms with E-state index in [4.69, 9.17) is 0 Å². The number of amides is 1. The van der Waals surface area contributed by atoms with Crippen molar-refractivity contribution < 1.29 is 17.6 Å². The summed E-state index contributed by atoms with van der Waals surface area (Å²) in [6, 6.07) is 14.0. The lowest BCUT2D eigenvalue weighted by atomic mass is 9.99. The third-order valence-corrected chi connectivity index (χ3v) is 6.09. The van der Waals surface area contributed by atoms with Gasteiger partial charge in [-0.15, -0.1) is 0 Å². The van der Waals surface area contributed by atoms with Gasteiger partial charge in [0.05, 0.1) is 10.8 Å². The Balaban J connectivity index is 1.73. The molecule has 3 rings (SSSR count). The number of hydrogen-bond acceptors (Lipinski definition) is 3. The van der Waals surface area contributed by atoms with E-state index in [1.165, 1.54) is 22.5 Å². The fourth-order valence-electron chi connectivity index (χ4n) is 2.92. The molecule has 7 heteroatoms. The molecule has 2 aromatic carbocycles. The van der Waals surface area contributed by atoms with Crippen molar-refractivity contribution in [1.82, 2.24) is 4.31 Å². The van der Waals surface area contributed by atoms with Crippen LogP contribution in [-0.4, -0.2) is 31.7 Å². The molecule has 0 spiro atoms. The van der Waals surface area contributed by atoms with Crippen molar-refractivity contribution in [2.24, 2.45) is 5.92 Å². The van der Waals surface area contributed by atoms with Gasteiger partial charge in [0.15, 0.2) is 0 Å². The van der Waals surface area contributed by atoms with Gasteiger partial charge in [0, 0.05) is 18.8 Å². The van der Waals surface area contributed by atoms with Crippen LogP contribution in [0, 0.1) is 11.7 Å². The van der Waals surface area contributed by atoms with Crippen molar-refractivity contribution in [2.75, 3.05) is 18.4 Å². The summed E-state index contributed by atoms with van der Waals surface area (Å²) in [6.45, 7) is 0.422. The first-order valence-corrected chi connectivity index (χ1v) is 9.52. The first-order chi connectivity index (χ1) is 12.0. The van der Waals surface area contributed by atoms with Crippen molar-refractivity contribution >= 4 is 21.6 Å². The van der Waals surface area contributed by atoms with Gasteiger partial charge in [-0.25, -0.2) is 12.8 Å². The Labute approximate surface area is 146 Å². The van der Waals surface area contributed by atoms with E-state index >= 15 is 0 Å². The van der Waals surface area contributed by atoms with E-state index in [1.54, 1.807) is 12.1 Å². The van der Waals surface area contributed by atoms with Gasteiger partial charge in [0.2, 0.25) is 15.9 Å². The maximum atomic E-state index is 13.4. The van der Waals surface area contributed by atoms with Crippen LogP contribution in [0.15, 0.2) is 59.5 Å². The van der Waals surface area contributed by atoms with E-state index in [0.29, 0.717) is 25.1 Å². The molecule has 1 N–H and O–H groups in total. The first-order valence-electron chi connectivity index (χ1n) is 8.08. The van der Waals surface area contributed by atoms with E-state index in [9.17, 15) is 17.6 Å². The lowest BCUT2D eigenvalue weighted by Crippen LogP contribution is -2.43. The molecule has 0 radical (unpaired) electrons. The number of anilines is 1. The number of benzene rings is 2. The molecular weight excluding hydrogens is 343 g/mol. The summed E-state index contributed by atoms with van der Waals surface area (Å²) in [4.78, 5) is 12.4. The van der Waals surface area contributed by atoms with Crippen molar-refractivity contribution in [1.29, 1.82) is 0 Å². The fraction of sp³-hybridized carbons (Fsp3) is 0.278. The summed E-state index contributed by atoms with van der Waals surface area (Å²) in [5, 5.41) is 2.81. The molecular formula is C18H19FN2O3S. The number of nitrogens with one attached hydrogen (secondary N) is 1. The number of rotatable bonds is 4. The zero-order valence-electron chi connectivity index (χ0n) is 13.6. The van der Waals surface area contributed by atoms with Crippen LogP contribution < -0.4 is 5.32 Å². The molecule has 1 aliphatic heterocycles. The lowest BCUT2D eigenvalue weighted by molar-refractivity contribution is -0.120. The van der Waals surface area contributed by atoms with Crippen LogP contribution in [0.4, 0.5) is 10.1 Å². The molecule has 1 unspecified atom stereocenters. The van der Waals surface area contributed by atoms with E-state index < -0.39 is 21.8 Å². The average Bonchev–Trinajstić information content (AvgIpc) is 2.62. The number of nitrogens with zero attached hydrogens (tertiary/aromatic N) is 1. The van der Waals surface area contributed by atoms with Crippen LogP contribution >= 0.6 is 0 Å². The van der Waals surface area contributed by atoms with E-state index in [-0.39, 0.29) is 17.3 Å². The van der Waals surface area contributed by atoms with Crippen molar-refractivity contribution in [3.8, 4) is 0 Å². The van der Waals surface area contributed by atoms with Crippen LogP contribution in [0.5, 0.6) is 0 Å². The van der Waals surface area contributed by atoms with Gasteiger partial charge >= 0.3 is 0 Å². The second kappa shape index (κ2) is 7.33. The van der Waals surface area contributed by atoms with Gasteiger partial charge in [-0.1, -0.05) is 24.3 Å². The highest BCUT2D eigenvalue weighted by Crippen LogP contribution is 2.25. The van der Waals surface area contributed by atoms with Crippen molar-refractivity contribution in [3.63, 3.8) is 0 Å². The number of hydrogen-bond donors (Lipinski definition) is 1. The molecule has 0 saturated carbocycles. The third-order valence-electron chi connectivity index (χ3n) is 4.23. The monoisotopic (exact) mass is 362 g/mol. The van der Waals surface area contributed by atoms with Crippen LogP contribution in [0.3, 0.4) is 0 Å². The number of para-hydroxylation sites is 1. The summed E-state index contributed by atoms with van der Waals surface area (Å²) in [7, 11) is -3.81. The topological polar surface area (TPSA) is 66.5 Å². The second-order valence-electron chi connectivity index (χ2n) is 6.01. The zero-order chi connectivity index (χ0) is 17.9. The van der Waals surface area contributed by atoms with E-state index in [1.807, 2.05) is 18.2 Å². The Bertz CT molecular complexity index is 856. The molecule has 1 amide bonds. The van der Waals surface area contributed by atoms with Crippen LogP contribution in [0.1, 0.15) is 12.8 Å². The molecule has 1 aliphatic rings. The van der Waals surface area contributed by atoms with Crippen LogP contribution in [-0.2, 0) is 14.8 Å². The predicted molar refractivity (Wildman–Crippen MR) is 93.0 cm³/mol. The molecule has 25 heavy (non-hydrogen) atoms. The van der Waals surface area contributed by atoms with Gasteiger partial charge in [-0.3, -0.25) is 4.79 Å². The Morgan fingerprint density at radius 3 is 2.60 bits per heavy atom. The number of halogens is 1. The minimum atomic E-state index is -3.81. The third kappa shape index (κ3) is 4.05. The van der Waals surface area contributed by atoms with Crippen molar-refractivity contribution in [3.05, 3.63) is 60.4 Å². The van der Waals surface area contributed by atoms with Crippen molar-refractivity contribution in [2.45, 2.75) is 17.7 Å². The molecule has 132 valence electrons. The van der Waals surface area contributed by atoms with Gasteiger partial charge < -0.3 is 5.32 Å². The van der Waals surface area contributed by atoms with Gasteiger partial charge in [-0.2, -0.15) is 4.31 Å². The summed E-state index contributed by atoms with van der Waals surface area (Å²) in [5.74, 6) is -1.24. The van der Waals surface area contributed by atoms with Gasteiger partial charge in [0.25, 0.3) is 0 Å². The smallest absolute Gasteiger partial charge is 0.243 e. The summed E-state index contributed by atoms with van der Waals surface area (Å²) >= 11 is 0. The SMILES string of the molecule is O=C(Nc1ccccc1)C1CCCN(S(=O)(=O)c2cccc(F)c2)C1. The molecule has 0 bridgehead atoms. The molecule has 1 fully saturated rings. The Morgan fingerprint density at radius 1 is 1.12 bits per heavy atom. The second-order valence-corrected chi connectivity index (χ2v) is 7.95. The van der Waals surface area contributed by atoms with E-state index in [2.05, 4.69) is 5.32 Å². The molecule has 0 aliphatic carbocycles. The summed E-state index contributed by atoms with van der Waals surface area (Å²) in [6.07, 6.45) is 1.20. The largest absolute Gasteiger partial charge is 0.326 e. The highest BCUT2D eigenvalue weighted by atomic mass is 32.2. The molecule has 2 aromatic rings. The molecule has 0 aromatic heterocycles. The minimum Gasteiger partial charge on any atom is -0.326 e. The maximum Gasteiger partial charge on any atom is 0.243 e. The molecule has 1 saturated heterocycles. The van der Waals surface area contributed by atoms with E-state index in [0.717, 1.165) is 6.07 Å². The first kappa shape index (κ1) is 17.6. The average molecular weight is 362 g/mol. The van der Waals surface area contributed by atoms with Crippen LogP contribution in [0.2, 0.25) is 0 Å². The lowest BCUT2D eigenvalue weighted by Gasteiger charge is -2.31. The Kier molecular flexibility index (Phi) is 5.15. The predicted octanol–water partition coefficient (Wildman–Crippen LogP) is 2.87. The fourth-order valence-corrected chi connectivity index (χ4v) is 4.47. The Morgan fingerprint density at radius 2 is 1.88 bits per heavy atom. The summed E-state index contributed by atoms with van der Waals surface area (Å²) in [5.41, 5.74) is 0.678. The van der Waals surface area contributed by atoms with Gasteiger partial charge in [-0.05, 0) is 43.2 Å². The quantitative estimate of drug-likeness (QED) is 0.909. The number of piperidine rings is 1. The molecule has 5 nitrogen and oxygen atoms in total. The minimum absolute atomic E-state index is 0.0865. The van der Waals surface area contributed by atoms with Gasteiger partial charge in [0.1, 0.15) is 5.82 Å². The zero-order valence-corrected chi connectivity index (χ0v) is 14.4. The Hall–Kier alpha value is -2.25. The number of carbonyl (C=O) groups excluding carboxylic acids is 1. The standard InChI is InChI=1S/C18H19FN2O3S/c19-15-7-4-10-17(12-15)25(23,24)21-11-5-6-14(13-21)18(22)20-16-8-2-1-3-9-16/h1-4,7-10,12,14H,5-6,11,13H2,(H,20,22).